The van der Waals surface area contributed by atoms with Crippen LogP contribution in [-0.4, -0.2) is 48.1 Å². The van der Waals surface area contributed by atoms with Gasteiger partial charge in [0, 0.05) is 23.0 Å². The van der Waals surface area contributed by atoms with E-state index in [0.717, 1.165) is 30.1 Å². The van der Waals surface area contributed by atoms with Crippen molar-refractivity contribution in [2.24, 2.45) is 0 Å². The minimum atomic E-state index is -0.113. The third-order valence-corrected chi connectivity index (χ3v) is 6.09. The summed E-state index contributed by atoms with van der Waals surface area (Å²) < 4.78 is 0. The quantitative estimate of drug-likeness (QED) is 0.717. The van der Waals surface area contributed by atoms with Crippen LogP contribution in [0, 0.1) is 0 Å². The highest BCUT2D eigenvalue weighted by molar-refractivity contribution is 8.00. The van der Waals surface area contributed by atoms with Crippen molar-refractivity contribution in [2.45, 2.75) is 31.2 Å². The molecule has 0 radical (unpaired) electrons. The van der Waals surface area contributed by atoms with E-state index in [2.05, 4.69) is 41.5 Å². The molecule has 2 aromatic carbocycles. The Kier molecular flexibility index (Phi) is 7.12. The molecule has 1 atom stereocenters. The van der Waals surface area contributed by atoms with Gasteiger partial charge in [-0.1, -0.05) is 44.2 Å². The highest BCUT2D eigenvalue weighted by Gasteiger charge is 2.20. The molecule has 1 aliphatic rings. The van der Waals surface area contributed by atoms with Gasteiger partial charge in [-0.05, 0) is 43.3 Å². The summed E-state index contributed by atoms with van der Waals surface area (Å²) >= 11 is 1.50. The number of hydrogen-bond donors (Lipinski definition) is 2. The van der Waals surface area contributed by atoms with E-state index >= 15 is 0 Å². The maximum Gasteiger partial charge on any atom is 0.251 e. The van der Waals surface area contributed by atoms with Gasteiger partial charge < -0.3 is 10.6 Å². The summed E-state index contributed by atoms with van der Waals surface area (Å²) in [7, 11) is 0. The van der Waals surface area contributed by atoms with E-state index in [1.54, 1.807) is 6.07 Å². The normalized spacial score (nSPS) is 14.3. The van der Waals surface area contributed by atoms with Gasteiger partial charge >= 0.3 is 0 Å². The van der Waals surface area contributed by atoms with Crippen LogP contribution in [0.25, 0.3) is 0 Å². The maximum atomic E-state index is 12.7. The molecule has 3 rings (SSSR count). The minimum absolute atomic E-state index is 0.0282. The number of benzene rings is 2. The summed E-state index contributed by atoms with van der Waals surface area (Å²) in [5.74, 6) is 0.279. The zero-order chi connectivity index (χ0) is 19.9. The largest absolute Gasteiger partial charge is 0.350 e. The number of amides is 2. The van der Waals surface area contributed by atoms with Gasteiger partial charge in [0.2, 0.25) is 5.91 Å². The van der Waals surface area contributed by atoms with Crippen LogP contribution < -0.4 is 10.6 Å². The van der Waals surface area contributed by atoms with Crippen molar-refractivity contribution < 1.29 is 9.59 Å². The molecule has 1 heterocycles. The molecule has 6 heteroatoms. The molecule has 5 nitrogen and oxygen atoms in total. The molecule has 2 amide bonds. The van der Waals surface area contributed by atoms with Crippen molar-refractivity contribution in [1.82, 2.24) is 10.2 Å². The number of fused-ring (bicyclic) bond motifs is 1. The second-order valence-corrected chi connectivity index (χ2v) is 7.84. The maximum absolute atomic E-state index is 12.7. The first-order chi connectivity index (χ1) is 13.6. The lowest BCUT2D eigenvalue weighted by Crippen LogP contribution is -2.45. The molecule has 1 unspecified atom stereocenters. The standard InChI is InChI=1S/C22H27N3O2S/c1-3-25(4-2)18(12-16-8-6-5-7-9-16)14-23-22(27)17-10-11-20-19(13-17)24-21(26)15-28-20/h5-11,13,18H,3-4,12,14-15H2,1-2H3,(H,23,27)(H,24,26). The smallest absolute Gasteiger partial charge is 0.251 e. The Bertz CT molecular complexity index is 822. The van der Waals surface area contributed by atoms with E-state index < -0.39 is 0 Å². The predicted molar refractivity (Wildman–Crippen MR) is 115 cm³/mol. The number of carbonyl (C=O) groups is 2. The molecule has 0 aromatic heterocycles. The molecule has 28 heavy (non-hydrogen) atoms. The number of nitrogens with one attached hydrogen (secondary N) is 2. The van der Waals surface area contributed by atoms with Crippen molar-refractivity contribution in [2.75, 3.05) is 30.7 Å². The first kappa shape index (κ1) is 20.4. The lowest BCUT2D eigenvalue weighted by molar-refractivity contribution is -0.113. The number of hydrogen-bond acceptors (Lipinski definition) is 4. The van der Waals surface area contributed by atoms with Crippen LogP contribution in [0.2, 0.25) is 0 Å². The summed E-state index contributed by atoms with van der Waals surface area (Å²) in [6, 6.07) is 16.1. The van der Waals surface area contributed by atoms with Gasteiger partial charge in [0.05, 0.1) is 11.4 Å². The van der Waals surface area contributed by atoms with Gasteiger partial charge in [-0.25, -0.2) is 0 Å². The molecule has 1 aliphatic heterocycles. The molecule has 148 valence electrons. The Labute approximate surface area is 170 Å². The van der Waals surface area contributed by atoms with Crippen molar-refractivity contribution in [3.63, 3.8) is 0 Å². The summed E-state index contributed by atoms with van der Waals surface area (Å²) in [4.78, 5) is 27.7. The van der Waals surface area contributed by atoms with Crippen LogP contribution in [0.15, 0.2) is 53.4 Å². The van der Waals surface area contributed by atoms with Crippen molar-refractivity contribution in [3.8, 4) is 0 Å². The van der Waals surface area contributed by atoms with E-state index in [0.29, 0.717) is 17.9 Å². The van der Waals surface area contributed by atoms with Crippen molar-refractivity contribution in [1.29, 1.82) is 0 Å². The van der Waals surface area contributed by atoms with Gasteiger partial charge in [-0.2, -0.15) is 0 Å². The second-order valence-electron chi connectivity index (χ2n) is 6.82. The molecule has 0 bridgehead atoms. The molecule has 0 saturated carbocycles. The number of likely N-dealkylation sites (N-methyl/N-ethyl adjacent to an activating group) is 1. The average Bonchev–Trinajstić information content (AvgIpc) is 2.72. The lowest BCUT2D eigenvalue weighted by Gasteiger charge is -2.30. The third-order valence-electron chi connectivity index (χ3n) is 5.02. The van der Waals surface area contributed by atoms with Crippen molar-refractivity contribution in [3.05, 3.63) is 59.7 Å². The fraction of sp³-hybridized carbons (Fsp3) is 0.364. The number of rotatable bonds is 8. The van der Waals surface area contributed by atoms with Crippen LogP contribution in [0.4, 0.5) is 5.69 Å². The predicted octanol–water partition coefficient (Wildman–Crippen LogP) is 3.41. The van der Waals surface area contributed by atoms with Crippen LogP contribution in [0.5, 0.6) is 0 Å². The lowest BCUT2D eigenvalue weighted by atomic mass is 10.0. The van der Waals surface area contributed by atoms with Gasteiger partial charge in [0.25, 0.3) is 5.91 Å². The number of nitrogens with zero attached hydrogens (tertiary/aromatic N) is 1. The molecular weight excluding hydrogens is 370 g/mol. The minimum Gasteiger partial charge on any atom is -0.350 e. The van der Waals surface area contributed by atoms with Gasteiger partial charge in [-0.3, -0.25) is 14.5 Å². The zero-order valence-corrected chi connectivity index (χ0v) is 17.2. The highest BCUT2D eigenvalue weighted by atomic mass is 32.2. The van der Waals surface area contributed by atoms with Crippen molar-refractivity contribution >= 4 is 29.3 Å². The summed E-state index contributed by atoms with van der Waals surface area (Å²) in [6.45, 7) is 6.74. The zero-order valence-electron chi connectivity index (χ0n) is 16.4. The average molecular weight is 398 g/mol. The van der Waals surface area contributed by atoms with E-state index in [1.165, 1.54) is 17.3 Å². The van der Waals surface area contributed by atoms with Gasteiger partial charge in [-0.15, -0.1) is 11.8 Å². The van der Waals surface area contributed by atoms with E-state index in [9.17, 15) is 9.59 Å². The topological polar surface area (TPSA) is 61.4 Å². The third kappa shape index (κ3) is 5.14. The van der Waals surface area contributed by atoms with E-state index in [-0.39, 0.29) is 17.9 Å². The van der Waals surface area contributed by atoms with E-state index in [1.807, 2.05) is 30.3 Å². The Hall–Kier alpha value is -2.31. The summed E-state index contributed by atoms with van der Waals surface area (Å²) in [5.41, 5.74) is 2.56. The Morgan fingerprint density at radius 1 is 1.18 bits per heavy atom. The Balaban J connectivity index is 1.67. The van der Waals surface area contributed by atoms with Crippen LogP contribution in [-0.2, 0) is 11.2 Å². The van der Waals surface area contributed by atoms with E-state index in [4.69, 9.17) is 0 Å². The Morgan fingerprint density at radius 3 is 2.64 bits per heavy atom. The number of thioether (sulfide) groups is 1. The molecule has 0 fully saturated rings. The molecular formula is C22H27N3O2S. The fourth-order valence-electron chi connectivity index (χ4n) is 3.49. The van der Waals surface area contributed by atoms with Crippen LogP contribution >= 0.6 is 11.8 Å². The highest BCUT2D eigenvalue weighted by Crippen LogP contribution is 2.31. The Morgan fingerprint density at radius 2 is 1.93 bits per heavy atom. The monoisotopic (exact) mass is 397 g/mol. The summed E-state index contributed by atoms with van der Waals surface area (Å²) in [5, 5.41) is 5.93. The molecule has 0 aliphatic carbocycles. The SMILES string of the molecule is CCN(CC)C(CNC(=O)c1ccc2c(c1)NC(=O)CS2)Cc1ccccc1. The molecule has 0 spiro atoms. The molecule has 0 saturated heterocycles. The van der Waals surface area contributed by atoms with Crippen LogP contribution in [0.3, 0.4) is 0 Å². The first-order valence-electron chi connectivity index (χ1n) is 9.73. The summed E-state index contributed by atoms with van der Waals surface area (Å²) in [6.07, 6.45) is 0.889. The first-order valence-corrected chi connectivity index (χ1v) is 10.7. The van der Waals surface area contributed by atoms with Crippen LogP contribution in [0.1, 0.15) is 29.8 Å². The van der Waals surface area contributed by atoms with Gasteiger partial charge in [0.15, 0.2) is 0 Å². The second kappa shape index (κ2) is 9.75. The number of carbonyl (C=O) groups excluding carboxylic acids is 2. The molecule has 2 N–H and O–H groups in total. The van der Waals surface area contributed by atoms with Gasteiger partial charge in [0.1, 0.15) is 0 Å². The number of anilines is 1. The molecule has 2 aromatic rings. The fourth-order valence-corrected chi connectivity index (χ4v) is 4.28.